The first-order chi connectivity index (χ1) is 18.3. The lowest BCUT2D eigenvalue weighted by Crippen LogP contribution is -2.30. The molecular formula is C25H16Cl2F2N8O. The third kappa shape index (κ3) is 3.42. The normalized spacial score (nSPS) is 21.5. The summed E-state index contributed by atoms with van der Waals surface area (Å²) in [6, 6.07) is 8.90. The third-order valence-electron chi connectivity index (χ3n) is 7.29. The minimum Gasteiger partial charge on any atom is -0.397 e. The zero-order chi connectivity index (χ0) is 26.3. The van der Waals surface area contributed by atoms with Gasteiger partial charge in [0.2, 0.25) is 5.95 Å². The number of hydrogen-bond acceptors (Lipinski definition) is 7. The van der Waals surface area contributed by atoms with Crippen molar-refractivity contribution in [1.29, 1.82) is 0 Å². The molecule has 2 aromatic carbocycles. The maximum absolute atomic E-state index is 15.0. The van der Waals surface area contributed by atoms with Gasteiger partial charge in [-0.2, -0.15) is 9.07 Å². The first kappa shape index (κ1) is 23.2. The average molecular weight is 553 g/mol. The number of nitrogens with two attached hydrogens (primary N) is 1. The molecule has 1 saturated carbocycles. The van der Waals surface area contributed by atoms with E-state index in [-0.39, 0.29) is 45.7 Å². The molecule has 9 nitrogen and oxygen atoms in total. The van der Waals surface area contributed by atoms with Crippen LogP contribution >= 0.6 is 23.2 Å². The van der Waals surface area contributed by atoms with Crippen LogP contribution in [0.15, 0.2) is 58.5 Å². The number of aliphatic imine (C=N–C) groups is 1. The van der Waals surface area contributed by atoms with Gasteiger partial charge in [0.1, 0.15) is 12.2 Å². The van der Waals surface area contributed by atoms with Gasteiger partial charge in [0.15, 0.2) is 5.82 Å². The van der Waals surface area contributed by atoms with Gasteiger partial charge in [-0.1, -0.05) is 23.2 Å². The Morgan fingerprint density at radius 2 is 1.92 bits per heavy atom. The standard InChI is InChI=1S/C25H16Cl2F2N8O/c26-10-1-4-19(36-9-31-34-35-36)15(5-10)17-8-20(38)37-23(12-6-14(12)25(37)33-17)18-7-13(24(29)32-18)11-2-3-16(30)21(27)22(11)28/h1-5,8-9,12,14,23H,6-7,30H2/t12-,14+,23-/m0/s1. The second-order valence-corrected chi connectivity index (χ2v) is 10.3. The van der Waals surface area contributed by atoms with Crippen LogP contribution in [0.4, 0.5) is 14.5 Å². The van der Waals surface area contributed by atoms with Crippen LogP contribution < -0.4 is 11.3 Å². The summed E-state index contributed by atoms with van der Waals surface area (Å²) in [5, 5.41) is 11.5. The van der Waals surface area contributed by atoms with Crippen molar-refractivity contribution >= 4 is 40.2 Å². The highest BCUT2D eigenvalue weighted by Crippen LogP contribution is 2.60. The van der Waals surface area contributed by atoms with Gasteiger partial charge in [0, 0.05) is 45.8 Å². The van der Waals surface area contributed by atoms with Crippen LogP contribution in [0.3, 0.4) is 0 Å². The van der Waals surface area contributed by atoms with Crippen molar-refractivity contribution < 1.29 is 8.78 Å². The van der Waals surface area contributed by atoms with Gasteiger partial charge in [-0.25, -0.2) is 14.4 Å². The average Bonchev–Trinajstić information content (AvgIpc) is 3.20. The molecule has 0 spiro atoms. The van der Waals surface area contributed by atoms with Crippen LogP contribution in [0.25, 0.3) is 22.5 Å². The van der Waals surface area contributed by atoms with Crippen LogP contribution in [0.2, 0.25) is 10.0 Å². The van der Waals surface area contributed by atoms with Gasteiger partial charge in [0.05, 0.1) is 28.1 Å². The van der Waals surface area contributed by atoms with Crippen molar-refractivity contribution in [2.45, 2.75) is 24.8 Å². The quantitative estimate of drug-likeness (QED) is 0.288. The lowest BCUT2D eigenvalue weighted by molar-refractivity contribution is 0.572. The molecular weight excluding hydrogens is 537 g/mol. The molecule has 4 aromatic rings. The van der Waals surface area contributed by atoms with E-state index in [0.717, 1.165) is 6.42 Å². The van der Waals surface area contributed by atoms with Crippen molar-refractivity contribution in [3.8, 4) is 16.9 Å². The summed E-state index contributed by atoms with van der Waals surface area (Å²) in [5.74, 6) is -0.917. The molecule has 4 heterocycles. The monoisotopic (exact) mass is 552 g/mol. The number of nitrogen functional groups attached to an aromatic ring is 1. The molecule has 1 fully saturated rings. The first-order valence-electron chi connectivity index (χ1n) is 11.7. The molecule has 0 radical (unpaired) electrons. The Bertz CT molecular complexity index is 1780. The third-order valence-corrected chi connectivity index (χ3v) is 7.91. The lowest BCUT2D eigenvalue weighted by Gasteiger charge is -2.19. The molecule has 38 heavy (non-hydrogen) atoms. The number of rotatable bonds is 4. The largest absolute Gasteiger partial charge is 0.397 e. The highest BCUT2D eigenvalue weighted by molar-refractivity contribution is 6.33. The van der Waals surface area contributed by atoms with Crippen LogP contribution in [0.5, 0.6) is 0 Å². The van der Waals surface area contributed by atoms with Crippen LogP contribution in [-0.2, 0) is 0 Å². The van der Waals surface area contributed by atoms with Crippen LogP contribution in [0, 0.1) is 11.7 Å². The predicted octanol–water partition coefficient (Wildman–Crippen LogP) is 4.76. The molecule has 0 bridgehead atoms. The molecule has 190 valence electrons. The van der Waals surface area contributed by atoms with E-state index in [1.807, 2.05) is 0 Å². The minimum atomic E-state index is -0.798. The molecule has 0 amide bonds. The molecule has 2 aliphatic heterocycles. The lowest BCUT2D eigenvalue weighted by atomic mass is 9.97. The molecule has 7 rings (SSSR count). The Labute approximate surface area is 223 Å². The number of anilines is 1. The molecule has 2 aromatic heterocycles. The zero-order valence-electron chi connectivity index (χ0n) is 19.3. The number of hydrogen-bond donors (Lipinski definition) is 1. The van der Waals surface area contributed by atoms with E-state index in [1.54, 1.807) is 22.8 Å². The highest BCUT2D eigenvalue weighted by atomic mass is 35.5. The van der Waals surface area contributed by atoms with E-state index in [1.165, 1.54) is 29.2 Å². The van der Waals surface area contributed by atoms with Gasteiger partial charge >= 0.3 is 0 Å². The summed E-state index contributed by atoms with van der Waals surface area (Å²) in [7, 11) is 0. The van der Waals surface area contributed by atoms with Crippen molar-refractivity contribution in [2.24, 2.45) is 10.9 Å². The van der Waals surface area contributed by atoms with Crippen molar-refractivity contribution in [3.05, 3.63) is 86.3 Å². The number of fused-ring (bicyclic) bond motifs is 3. The Morgan fingerprint density at radius 3 is 2.71 bits per heavy atom. The number of halogens is 4. The maximum Gasteiger partial charge on any atom is 0.254 e. The molecule has 3 atom stereocenters. The molecule has 0 saturated heterocycles. The van der Waals surface area contributed by atoms with Crippen molar-refractivity contribution in [1.82, 2.24) is 29.8 Å². The number of nitrogens with zero attached hydrogens (tertiary/aromatic N) is 7. The highest BCUT2D eigenvalue weighted by Gasteiger charge is 2.56. The molecule has 2 N–H and O–H groups in total. The molecule has 0 unspecified atom stereocenters. The van der Waals surface area contributed by atoms with Gasteiger partial charge in [0.25, 0.3) is 5.56 Å². The molecule has 3 aliphatic rings. The zero-order valence-corrected chi connectivity index (χ0v) is 20.8. The van der Waals surface area contributed by atoms with Crippen LogP contribution in [-0.4, -0.2) is 35.5 Å². The molecule has 13 heteroatoms. The Hall–Kier alpha value is -3.96. The van der Waals surface area contributed by atoms with Gasteiger partial charge in [-0.3, -0.25) is 9.36 Å². The number of tetrazole rings is 1. The number of benzene rings is 2. The van der Waals surface area contributed by atoms with E-state index < -0.39 is 17.8 Å². The second-order valence-electron chi connectivity index (χ2n) is 9.45. The second kappa shape index (κ2) is 8.27. The van der Waals surface area contributed by atoms with Gasteiger partial charge in [-0.15, -0.1) is 5.10 Å². The Kier molecular flexibility index (Phi) is 5.04. The smallest absolute Gasteiger partial charge is 0.254 e. The fourth-order valence-corrected chi connectivity index (χ4v) is 5.82. The molecule has 1 aliphatic carbocycles. The minimum absolute atomic E-state index is 0.00271. The summed E-state index contributed by atoms with van der Waals surface area (Å²) in [4.78, 5) is 22.5. The van der Waals surface area contributed by atoms with E-state index >= 15 is 4.39 Å². The Morgan fingerprint density at radius 1 is 1.08 bits per heavy atom. The van der Waals surface area contributed by atoms with E-state index in [2.05, 4.69) is 20.5 Å². The summed E-state index contributed by atoms with van der Waals surface area (Å²) < 4.78 is 32.9. The van der Waals surface area contributed by atoms with Gasteiger partial charge < -0.3 is 5.73 Å². The predicted molar refractivity (Wildman–Crippen MR) is 137 cm³/mol. The summed E-state index contributed by atoms with van der Waals surface area (Å²) in [6.45, 7) is 0. The van der Waals surface area contributed by atoms with E-state index in [9.17, 15) is 9.18 Å². The summed E-state index contributed by atoms with van der Waals surface area (Å²) in [5.41, 5.74) is 7.59. The first-order valence-corrected chi connectivity index (χ1v) is 12.4. The Balaban J connectivity index is 1.27. The van der Waals surface area contributed by atoms with Crippen molar-refractivity contribution in [2.75, 3.05) is 5.73 Å². The number of aromatic nitrogens is 6. The SMILES string of the molecule is Nc1ccc(C2=C(F)N=C([C@@H]3[C@H]4C[C@H]4c4nc(-c5cc(Cl)ccc5-n5cnnn5)cc(=O)n43)C2)c(F)c1Cl. The summed E-state index contributed by atoms with van der Waals surface area (Å²) in [6.07, 6.45) is 2.27. The van der Waals surface area contributed by atoms with Crippen LogP contribution in [0.1, 0.15) is 36.2 Å². The summed E-state index contributed by atoms with van der Waals surface area (Å²) >= 11 is 12.2. The van der Waals surface area contributed by atoms with Gasteiger partial charge in [-0.05, 0) is 53.1 Å². The van der Waals surface area contributed by atoms with Crippen molar-refractivity contribution in [3.63, 3.8) is 0 Å². The maximum atomic E-state index is 15.0. The number of allylic oxidation sites excluding steroid dienone is 1. The topological polar surface area (TPSA) is 117 Å². The fourth-order valence-electron chi connectivity index (χ4n) is 5.48. The van der Waals surface area contributed by atoms with E-state index in [0.29, 0.717) is 33.5 Å². The fraction of sp³-hybridized carbons (Fsp3) is 0.200. The van der Waals surface area contributed by atoms with E-state index in [4.69, 9.17) is 33.9 Å².